The molecule has 2 aromatic heterocycles. The van der Waals surface area contributed by atoms with Crippen LogP contribution in [0.5, 0.6) is 6.01 Å². The van der Waals surface area contributed by atoms with Gasteiger partial charge in [-0.1, -0.05) is 101 Å². The van der Waals surface area contributed by atoms with Gasteiger partial charge in [-0.3, -0.25) is 9.36 Å². The second-order valence-corrected chi connectivity index (χ2v) is 27.0. The lowest BCUT2D eigenvalue weighted by atomic mass is 10.0. The minimum Gasteiger partial charge on any atom is -0.456 e. The second-order valence-electron chi connectivity index (χ2n) is 16.2. The first-order valence-corrected chi connectivity index (χ1v) is 24.4. The van der Waals surface area contributed by atoms with Crippen molar-refractivity contribution >= 4 is 44.9 Å². The van der Waals surface area contributed by atoms with Gasteiger partial charge in [0.15, 0.2) is 25.9 Å². The number of hydrogen-bond donors (Lipinski definition) is 0. The van der Waals surface area contributed by atoms with Gasteiger partial charge in [-0.2, -0.15) is 4.98 Å². The molecule has 2 aromatic carbocycles. The molecule has 0 bridgehead atoms. The molecule has 4 aromatic rings. The van der Waals surface area contributed by atoms with E-state index in [1.807, 2.05) is 59.2 Å². The van der Waals surface area contributed by atoms with Gasteiger partial charge >= 0.3 is 6.01 Å². The van der Waals surface area contributed by atoms with Crippen molar-refractivity contribution in [3.63, 3.8) is 0 Å². The molecular weight excluding hydrogens is 686 g/mol. The molecule has 0 spiro atoms. The van der Waals surface area contributed by atoms with Gasteiger partial charge in [-0.25, -0.2) is 4.98 Å². The number of rotatable bonds is 12. The summed E-state index contributed by atoms with van der Waals surface area (Å²) >= 11 is 6.93. The van der Waals surface area contributed by atoms with Crippen molar-refractivity contribution in [2.45, 2.75) is 103 Å². The van der Waals surface area contributed by atoms with E-state index in [-0.39, 0.29) is 42.0 Å². The minimum absolute atomic E-state index is 0.0464. The number of carbonyl (C=O) groups excluding carboxylic acids is 1. The lowest BCUT2D eigenvalue weighted by Crippen LogP contribution is -2.47. The summed E-state index contributed by atoms with van der Waals surface area (Å²) in [5, 5.41) is 0.582. The van der Waals surface area contributed by atoms with Crippen molar-refractivity contribution in [2.24, 2.45) is 0 Å². The van der Waals surface area contributed by atoms with E-state index in [1.165, 1.54) is 0 Å². The van der Waals surface area contributed by atoms with E-state index >= 15 is 0 Å². The van der Waals surface area contributed by atoms with Crippen molar-refractivity contribution in [1.29, 1.82) is 0 Å². The highest BCUT2D eigenvalue weighted by Gasteiger charge is 2.52. The largest absolute Gasteiger partial charge is 0.456 e. The third-order valence-electron chi connectivity index (χ3n) is 10.1. The van der Waals surface area contributed by atoms with E-state index in [4.69, 9.17) is 44.9 Å². The highest BCUT2D eigenvalue weighted by atomic mass is 35.5. The summed E-state index contributed by atoms with van der Waals surface area (Å²) in [5.41, 5.74) is 5.47. The molecule has 0 radical (unpaired) electrons. The van der Waals surface area contributed by atoms with Crippen LogP contribution < -0.4 is 4.74 Å². The monoisotopic (exact) mass is 735 g/mol. The molecule has 2 aliphatic rings. The van der Waals surface area contributed by atoms with Gasteiger partial charge in [0, 0.05) is 25.8 Å². The first kappa shape index (κ1) is 36.9. The van der Waals surface area contributed by atoms with Crippen LogP contribution in [-0.4, -0.2) is 80.9 Å². The Morgan fingerprint density at radius 1 is 0.900 bits per heavy atom. The molecule has 0 amide bonds. The molecule has 0 N–H and O–H groups in total. The predicted molar refractivity (Wildman–Crippen MR) is 203 cm³/mol. The van der Waals surface area contributed by atoms with Crippen LogP contribution in [0.2, 0.25) is 48.8 Å². The Balaban J connectivity index is 1.25. The highest BCUT2D eigenvalue weighted by molar-refractivity contribution is 6.76. The number of Topliss-reactive ketones (excluding diaryl/α,β-unsaturated/α-hetero) is 1. The Hall–Kier alpha value is -2.91. The summed E-state index contributed by atoms with van der Waals surface area (Å²) in [6.45, 7) is 21.5. The maximum absolute atomic E-state index is 11.7. The fourth-order valence-electron chi connectivity index (χ4n) is 6.00. The third-order valence-corrected chi connectivity index (χ3v) is 16.6. The van der Waals surface area contributed by atoms with Crippen molar-refractivity contribution < 1.29 is 28.2 Å². The molecule has 0 saturated carbocycles. The maximum Gasteiger partial charge on any atom is 0.301 e. The number of ether oxygens (including phenoxy) is 4. The molecule has 50 heavy (non-hydrogen) atoms. The molecule has 9 nitrogen and oxygen atoms in total. The molecule has 2 saturated heterocycles. The zero-order chi connectivity index (χ0) is 36.0. The van der Waals surface area contributed by atoms with Crippen LogP contribution in [0, 0.1) is 0 Å². The number of carbonyl (C=O) groups is 1. The van der Waals surface area contributed by atoms with E-state index in [9.17, 15) is 4.79 Å². The standard InChI is InChI=1S/C38H50ClN3O6Si2/c1-24(43)25-10-12-26(13-11-25)27-14-16-28(17-15-27)33-29(39)20-30-36(40-33)41-37(42(30)23-44-18-19-49(5,6)7)47-31-21-45-35-32(22-46-34(31)35)48-50(8,9)38(2,3)4/h10-17,20,31-32,34-35H,18-19,21-23H2,1-9H3/t31-,32?,34-,35-/m1/s1. The summed E-state index contributed by atoms with van der Waals surface area (Å²) in [5.74, 6) is 0.0464. The third kappa shape index (κ3) is 7.94. The van der Waals surface area contributed by atoms with Gasteiger partial charge in [0.2, 0.25) is 0 Å². The average Bonchev–Trinajstić information content (AvgIpc) is 3.73. The normalized spacial score (nSPS) is 21.2. The van der Waals surface area contributed by atoms with Crippen LogP contribution in [0.4, 0.5) is 0 Å². The zero-order valence-electron chi connectivity index (χ0n) is 30.7. The number of ketones is 1. The molecule has 12 heteroatoms. The minimum atomic E-state index is -2.02. The van der Waals surface area contributed by atoms with Crippen LogP contribution in [0.15, 0.2) is 54.6 Å². The van der Waals surface area contributed by atoms with Crippen LogP contribution in [-0.2, 0) is 25.4 Å². The van der Waals surface area contributed by atoms with Gasteiger partial charge in [0.1, 0.15) is 18.9 Å². The van der Waals surface area contributed by atoms with E-state index < -0.39 is 16.4 Å². The SMILES string of the molecule is CC(=O)c1ccc(-c2ccc(-c3nc4nc(O[C@@H]5CO[C@@H]6C(O[Si](C)(C)C(C)(C)C)CO[C@@H]65)n(COCC[Si](C)(C)C)c4cc3Cl)cc2)cc1. The van der Waals surface area contributed by atoms with Gasteiger partial charge in [-0.15, -0.1) is 0 Å². The summed E-state index contributed by atoms with van der Waals surface area (Å²) in [4.78, 5) is 21.5. The predicted octanol–water partition coefficient (Wildman–Crippen LogP) is 8.87. The van der Waals surface area contributed by atoms with Crippen LogP contribution in [0.25, 0.3) is 33.5 Å². The maximum atomic E-state index is 11.7. The first-order valence-electron chi connectivity index (χ1n) is 17.4. The quantitative estimate of drug-likeness (QED) is 0.0810. The van der Waals surface area contributed by atoms with Crippen molar-refractivity contribution in [2.75, 3.05) is 19.8 Å². The first-order chi connectivity index (χ1) is 23.5. The molecule has 1 unspecified atom stereocenters. The Morgan fingerprint density at radius 2 is 1.48 bits per heavy atom. The van der Waals surface area contributed by atoms with E-state index in [0.29, 0.717) is 47.8 Å². The van der Waals surface area contributed by atoms with E-state index in [2.05, 4.69) is 53.5 Å². The number of halogens is 1. The average molecular weight is 736 g/mol. The van der Waals surface area contributed by atoms with Crippen LogP contribution in [0.3, 0.4) is 0 Å². The summed E-state index contributed by atoms with van der Waals surface area (Å²) in [6.07, 6.45) is -0.964. The summed E-state index contributed by atoms with van der Waals surface area (Å²) < 4.78 is 34.0. The van der Waals surface area contributed by atoms with Gasteiger partial charge in [0.05, 0.1) is 35.6 Å². The zero-order valence-corrected chi connectivity index (χ0v) is 33.5. The fourth-order valence-corrected chi connectivity index (χ4v) is 8.32. The van der Waals surface area contributed by atoms with Gasteiger partial charge in [-0.05, 0) is 48.3 Å². The smallest absolute Gasteiger partial charge is 0.301 e. The topological polar surface area (TPSA) is 93.9 Å². The Labute approximate surface area is 302 Å². The number of nitrogens with zero attached hydrogens (tertiary/aromatic N) is 3. The number of pyridine rings is 1. The lowest BCUT2D eigenvalue weighted by molar-refractivity contribution is 0.00691. The molecule has 268 valence electrons. The Morgan fingerprint density at radius 3 is 2.08 bits per heavy atom. The molecule has 2 aliphatic heterocycles. The number of benzene rings is 2. The second kappa shape index (κ2) is 14.3. The molecular formula is C38H50ClN3O6Si2. The molecule has 4 heterocycles. The summed E-state index contributed by atoms with van der Waals surface area (Å²) in [6, 6.07) is 19.0. The van der Waals surface area contributed by atoms with Gasteiger partial charge < -0.3 is 23.4 Å². The van der Waals surface area contributed by atoms with Crippen molar-refractivity contribution in [3.05, 3.63) is 65.2 Å². The van der Waals surface area contributed by atoms with E-state index in [1.54, 1.807) is 6.92 Å². The molecule has 6 rings (SSSR count). The van der Waals surface area contributed by atoms with Crippen LogP contribution >= 0.6 is 11.6 Å². The van der Waals surface area contributed by atoms with Crippen molar-refractivity contribution in [1.82, 2.24) is 14.5 Å². The molecule has 2 fully saturated rings. The number of fused-ring (bicyclic) bond motifs is 2. The Bertz CT molecular complexity index is 1830. The van der Waals surface area contributed by atoms with Crippen LogP contribution in [0.1, 0.15) is 38.1 Å². The fraction of sp³-hybridized carbons (Fsp3) is 0.500. The molecule has 4 atom stereocenters. The Kier molecular flexibility index (Phi) is 10.5. The lowest BCUT2D eigenvalue weighted by Gasteiger charge is -2.39. The van der Waals surface area contributed by atoms with Crippen molar-refractivity contribution in [3.8, 4) is 28.4 Å². The number of aromatic nitrogens is 3. The number of hydrogen-bond acceptors (Lipinski definition) is 8. The highest BCUT2D eigenvalue weighted by Crippen LogP contribution is 2.41. The number of imidazole rings is 1. The van der Waals surface area contributed by atoms with Gasteiger partial charge in [0.25, 0.3) is 0 Å². The molecule has 0 aliphatic carbocycles. The summed E-state index contributed by atoms with van der Waals surface area (Å²) in [7, 11) is -3.30. The van der Waals surface area contributed by atoms with E-state index in [0.717, 1.165) is 28.3 Å².